The Bertz CT molecular complexity index is 955. The zero-order valence-electron chi connectivity index (χ0n) is 13.0. The molecule has 2 aromatic heterocycles. The summed E-state index contributed by atoms with van der Waals surface area (Å²) in [5.41, 5.74) is 0.283. The molecule has 0 unspecified atom stereocenters. The molecule has 134 valence electrons. The van der Waals surface area contributed by atoms with E-state index in [1.807, 2.05) is 0 Å². The van der Waals surface area contributed by atoms with Crippen LogP contribution in [-0.2, 0) is 6.54 Å². The van der Waals surface area contributed by atoms with Crippen molar-refractivity contribution in [1.29, 1.82) is 0 Å². The van der Waals surface area contributed by atoms with Crippen LogP contribution in [0.4, 0.5) is 14.6 Å². The van der Waals surface area contributed by atoms with E-state index in [1.165, 1.54) is 6.92 Å². The molecule has 12 heteroatoms. The summed E-state index contributed by atoms with van der Waals surface area (Å²) < 4.78 is 27.7. The smallest absolute Gasteiger partial charge is 0.259 e. The molecule has 0 aliphatic carbocycles. The molecule has 8 nitrogen and oxygen atoms in total. The highest BCUT2D eigenvalue weighted by molar-refractivity contribution is 6.31. The second-order valence-electron chi connectivity index (χ2n) is 5.06. The molecule has 0 fully saturated rings. The van der Waals surface area contributed by atoms with Gasteiger partial charge in [-0.05, 0) is 40.9 Å². The summed E-state index contributed by atoms with van der Waals surface area (Å²) in [5, 5.41) is 10.1. The normalized spacial score (nSPS) is 10.8. The number of nitrogens with zero attached hydrogens (tertiary/aromatic N) is 6. The van der Waals surface area contributed by atoms with Gasteiger partial charge >= 0.3 is 0 Å². The Kier molecular flexibility index (Phi) is 5.05. The monoisotopic (exact) mass is 399 g/mol. The molecule has 0 spiro atoms. The Morgan fingerprint density at radius 3 is 2.31 bits per heavy atom. The lowest BCUT2D eigenvalue weighted by atomic mass is 10.2. The third-order valence-electron chi connectivity index (χ3n) is 3.14. The van der Waals surface area contributed by atoms with Crippen LogP contribution < -0.4 is 5.32 Å². The quantitative estimate of drug-likeness (QED) is 0.658. The van der Waals surface area contributed by atoms with Gasteiger partial charge in [-0.2, -0.15) is 19.6 Å². The van der Waals surface area contributed by atoms with Crippen LogP contribution >= 0.6 is 23.2 Å². The number of anilines is 1. The fourth-order valence-corrected chi connectivity index (χ4v) is 2.48. The molecule has 0 atom stereocenters. The first-order valence-corrected chi connectivity index (χ1v) is 7.82. The summed E-state index contributed by atoms with van der Waals surface area (Å²) in [6, 6.07) is 3.05. The van der Waals surface area contributed by atoms with Gasteiger partial charge < -0.3 is 5.32 Å². The number of rotatable bonds is 5. The number of ketones is 1. The highest BCUT2D eigenvalue weighted by Crippen LogP contribution is 2.20. The average Bonchev–Trinajstić information content (AvgIpc) is 2.95. The number of halogens is 4. The fourth-order valence-electron chi connectivity index (χ4n) is 2.13. The summed E-state index contributed by atoms with van der Waals surface area (Å²) in [5.74, 6) is -1.81. The molecule has 2 heterocycles. The maximum absolute atomic E-state index is 13.3. The zero-order valence-corrected chi connectivity index (χ0v) is 14.6. The number of carbonyl (C=O) groups is 1. The lowest BCUT2D eigenvalue weighted by Gasteiger charge is -2.09. The SMILES string of the molecule is CC(=O)c1nnn(-c2nc(Cl)nc(Cl)n2)c1NCc1cc(F)cc(F)c1. The predicted octanol–water partition coefficient (Wildman–Crippen LogP) is 2.85. The molecule has 0 radical (unpaired) electrons. The van der Waals surface area contributed by atoms with Crippen molar-refractivity contribution in [2.75, 3.05) is 5.32 Å². The van der Waals surface area contributed by atoms with Crippen LogP contribution in [0.3, 0.4) is 0 Å². The summed E-state index contributed by atoms with van der Waals surface area (Å²) in [6.45, 7) is 1.27. The van der Waals surface area contributed by atoms with Crippen molar-refractivity contribution < 1.29 is 13.6 Å². The first-order valence-electron chi connectivity index (χ1n) is 7.06. The zero-order chi connectivity index (χ0) is 18.8. The van der Waals surface area contributed by atoms with E-state index in [-0.39, 0.29) is 34.6 Å². The maximum atomic E-state index is 13.3. The molecule has 0 aliphatic heterocycles. The first-order chi connectivity index (χ1) is 12.3. The minimum Gasteiger partial charge on any atom is -0.364 e. The topological polar surface area (TPSA) is 98.5 Å². The number of hydrogen-bond donors (Lipinski definition) is 1. The second kappa shape index (κ2) is 7.26. The molecular formula is C14H9Cl2F2N7O. The van der Waals surface area contributed by atoms with Crippen LogP contribution in [0, 0.1) is 11.6 Å². The Labute approximate surface area is 155 Å². The Balaban J connectivity index is 1.99. The number of Topliss-reactive ketones (excluding diaryl/α,β-unsaturated/α-hetero) is 1. The van der Waals surface area contributed by atoms with Crippen molar-refractivity contribution in [3.8, 4) is 5.95 Å². The first kappa shape index (κ1) is 18.1. The van der Waals surface area contributed by atoms with Crippen molar-refractivity contribution in [2.45, 2.75) is 13.5 Å². The standard InChI is InChI=1S/C14H9Cl2F2N7O/c1-6(26)10-11(19-5-7-2-8(17)4-9(18)3-7)25(24-23-10)14-21-12(15)20-13(16)22-14/h2-4,19H,5H2,1H3. The predicted molar refractivity (Wildman–Crippen MR) is 88.5 cm³/mol. The van der Waals surface area contributed by atoms with E-state index in [9.17, 15) is 13.6 Å². The van der Waals surface area contributed by atoms with Gasteiger partial charge in [-0.25, -0.2) is 8.78 Å². The number of hydrogen-bond acceptors (Lipinski definition) is 7. The van der Waals surface area contributed by atoms with E-state index in [0.29, 0.717) is 5.56 Å². The lowest BCUT2D eigenvalue weighted by molar-refractivity contribution is 0.101. The molecule has 0 amide bonds. The van der Waals surface area contributed by atoms with Crippen LogP contribution in [0.25, 0.3) is 5.95 Å². The van der Waals surface area contributed by atoms with Gasteiger partial charge in [-0.1, -0.05) is 5.21 Å². The largest absolute Gasteiger partial charge is 0.364 e. The van der Waals surface area contributed by atoms with Gasteiger partial charge in [0.1, 0.15) is 11.6 Å². The minimum absolute atomic E-state index is 0.0190. The van der Waals surface area contributed by atoms with E-state index < -0.39 is 17.4 Å². The minimum atomic E-state index is -0.726. The van der Waals surface area contributed by atoms with Gasteiger partial charge in [0.15, 0.2) is 17.3 Å². The van der Waals surface area contributed by atoms with Crippen molar-refractivity contribution >= 4 is 34.8 Å². The Morgan fingerprint density at radius 2 is 1.73 bits per heavy atom. The summed E-state index contributed by atoms with van der Waals surface area (Å²) in [7, 11) is 0. The number of aromatic nitrogens is 6. The molecule has 1 N–H and O–H groups in total. The van der Waals surface area contributed by atoms with Gasteiger partial charge in [0.25, 0.3) is 5.95 Å². The molecule has 0 saturated heterocycles. The average molecular weight is 400 g/mol. The van der Waals surface area contributed by atoms with Crippen LogP contribution in [-0.4, -0.2) is 35.7 Å². The Hall–Kier alpha value is -2.72. The van der Waals surface area contributed by atoms with Crippen molar-refractivity contribution in [3.63, 3.8) is 0 Å². The molecule has 0 aliphatic rings. The molecule has 0 bridgehead atoms. The summed E-state index contributed by atoms with van der Waals surface area (Å²) in [6.07, 6.45) is 0. The van der Waals surface area contributed by atoms with Crippen LogP contribution in [0.15, 0.2) is 18.2 Å². The lowest BCUT2D eigenvalue weighted by Crippen LogP contribution is -2.12. The third-order valence-corrected chi connectivity index (χ3v) is 3.48. The third kappa shape index (κ3) is 3.92. The van der Waals surface area contributed by atoms with Gasteiger partial charge in [-0.3, -0.25) is 4.79 Å². The van der Waals surface area contributed by atoms with Crippen molar-refractivity contribution in [3.05, 3.63) is 51.7 Å². The molecule has 0 saturated carbocycles. The van der Waals surface area contributed by atoms with E-state index in [4.69, 9.17) is 23.2 Å². The highest BCUT2D eigenvalue weighted by atomic mass is 35.5. The molecule has 3 rings (SSSR count). The van der Waals surface area contributed by atoms with Gasteiger partial charge in [0.05, 0.1) is 0 Å². The van der Waals surface area contributed by atoms with E-state index in [0.717, 1.165) is 22.9 Å². The van der Waals surface area contributed by atoms with Crippen molar-refractivity contribution in [1.82, 2.24) is 29.9 Å². The van der Waals surface area contributed by atoms with Crippen LogP contribution in [0.5, 0.6) is 0 Å². The fraction of sp³-hybridized carbons (Fsp3) is 0.143. The van der Waals surface area contributed by atoms with Crippen LogP contribution in [0.1, 0.15) is 23.0 Å². The molecule has 1 aromatic carbocycles. The number of benzene rings is 1. The molecule has 3 aromatic rings. The summed E-state index contributed by atoms with van der Waals surface area (Å²) in [4.78, 5) is 23.1. The van der Waals surface area contributed by atoms with Crippen molar-refractivity contribution in [2.24, 2.45) is 0 Å². The van der Waals surface area contributed by atoms with E-state index in [1.54, 1.807) is 0 Å². The number of carbonyl (C=O) groups excluding carboxylic acids is 1. The number of nitrogens with one attached hydrogen (secondary N) is 1. The van der Waals surface area contributed by atoms with Crippen LogP contribution in [0.2, 0.25) is 10.6 Å². The Morgan fingerprint density at radius 1 is 1.12 bits per heavy atom. The molecular weight excluding hydrogens is 391 g/mol. The van der Waals surface area contributed by atoms with E-state index >= 15 is 0 Å². The summed E-state index contributed by atoms with van der Waals surface area (Å²) >= 11 is 11.5. The van der Waals surface area contributed by atoms with E-state index in [2.05, 4.69) is 30.6 Å². The maximum Gasteiger partial charge on any atom is 0.259 e. The second-order valence-corrected chi connectivity index (χ2v) is 5.74. The molecule has 26 heavy (non-hydrogen) atoms. The van der Waals surface area contributed by atoms with Gasteiger partial charge in [0.2, 0.25) is 10.6 Å². The van der Waals surface area contributed by atoms with Gasteiger partial charge in [0, 0.05) is 19.5 Å². The van der Waals surface area contributed by atoms with Gasteiger partial charge in [-0.15, -0.1) is 5.10 Å². The highest BCUT2D eigenvalue weighted by Gasteiger charge is 2.20.